The number of benzene rings is 1. The summed E-state index contributed by atoms with van der Waals surface area (Å²) in [4.78, 5) is 28.6. The van der Waals surface area contributed by atoms with Gasteiger partial charge < -0.3 is 30.0 Å². The van der Waals surface area contributed by atoms with Gasteiger partial charge in [0.2, 0.25) is 6.29 Å². The molecule has 0 saturated carbocycles. The van der Waals surface area contributed by atoms with Crippen LogP contribution in [0, 0.1) is 18.8 Å². The Kier molecular flexibility index (Phi) is 9.68. The predicted octanol–water partition coefficient (Wildman–Crippen LogP) is 4.37. The third kappa shape index (κ3) is 6.49. The second-order valence-electron chi connectivity index (χ2n) is 9.22. The minimum atomic E-state index is -1.88. The molecule has 1 aromatic heterocycles. The fourth-order valence-corrected chi connectivity index (χ4v) is 4.57. The summed E-state index contributed by atoms with van der Waals surface area (Å²) in [5.41, 5.74) is -0.526. The number of carbonyl (C=O) groups excluding carboxylic acids is 2. The number of hydrogen-bond acceptors (Lipinski definition) is 6. The standard InChI is InChI=1S/C27H32Cl2N2O6/c1-5-6-7-8-11-18-12-9-10-13-19(18)26(34)37-20-14-27(35,24(32)16(3)36-20)17(4)31-25(33)23-22(29)21(28)15(2)30-23/h9-10,12-13,16-17,20,24,30,32,35H,5-7,14H2,1-4H3,(H,31,33)/t16-,17+,20?,24-,27-/m1/s1. The summed E-state index contributed by atoms with van der Waals surface area (Å²) in [6.07, 6.45) is -1.03. The Labute approximate surface area is 226 Å². The summed E-state index contributed by atoms with van der Waals surface area (Å²) >= 11 is 12.2. The third-order valence-electron chi connectivity index (χ3n) is 6.46. The first-order valence-electron chi connectivity index (χ1n) is 12.2. The van der Waals surface area contributed by atoms with Crippen LogP contribution in [-0.2, 0) is 9.47 Å². The molecule has 1 aliphatic heterocycles. The number of nitrogens with one attached hydrogen (secondary N) is 2. The van der Waals surface area contributed by atoms with Gasteiger partial charge in [-0.05, 0) is 39.3 Å². The summed E-state index contributed by atoms with van der Waals surface area (Å²) in [7, 11) is 0. The Hall–Kier alpha value is -2.54. The molecule has 1 fully saturated rings. The Morgan fingerprint density at radius 3 is 2.68 bits per heavy atom. The van der Waals surface area contributed by atoms with Gasteiger partial charge in [-0.3, -0.25) is 4.79 Å². The number of esters is 1. The molecule has 3 rings (SSSR count). The predicted molar refractivity (Wildman–Crippen MR) is 141 cm³/mol. The van der Waals surface area contributed by atoms with Crippen molar-refractivity contribution in [3.63, 3.8) is 0 Å². The third-order valence-corrected chi connectivity index (χ3v) is 7.41. The topological polar surface area (TPSA) is 121 Å². The SMILES string of the molecule is CCCCC#Cc1ccccc1C(=O)OC1C[C@@](O)([C@H](C)NC(=O)c2[nH]c(C)c(Cl)c2Cl)[C@H](O)[C@@H](C)O1. The number of halogens is 2. The van der Waals surface area contributed by atoms with E-state index in [4.69, 9.17) is 32.7 Å². The van der Waals surface area contributed by atoms with Crippen molar-refractivity contribution in [1.82, 2.24) is 10.3 Å². The van der Waals surface area contributed by atoms with Crippen molar-refractivity contribution in [2.45, 2.75) is 83.5 Å². The molecule has 4 N–H and O–H groups in total. The number of unbranched alkanes of at least 4 members (excludes halogenated alkanes) is 2. The van der Waals surface area contributed by atoms with Crippen LogP contribution in [0.2, 0.25) is 10.0 Å². The van der Waals surface area contributed by atoms with Crippen LogP contribution in [0.15, 0.2) is 24.3 Å². The lowest BCUT2D eigenvalue weighted by Crippen LogP contribution is -2.65. The summed E-state index contributed by atoms with van der Waals surface area (Å²) in [5, 5.41) is 25.1. The molecule has 2 heterocycles. The minimum Gasteiger partial charge on any atom is -0.432 e. The van der Waals surface area contributed by atoms with Crippen LogP contribution in [0.3, 0.4) is 0 Å². The maximum Gasteiger partial charge on any atom is 0.341 e. The summed E-state index contributed by atoms with van der Waals surface area (Å²) in [5.74, 6) is 4.79. The molecule has 5 atom stereocenters. The molecule has 37 heavy (non-hydrogen) atoms. The lowest BCUT2D eigenvalue weighted by Gasteiger charge is -2.46. The van der Waals surface area contributed by atoms with E-state index in [9.17, 15) is 19.8 Å². The van der Waals surface area contributed by atoms with E-state index in [0.717, 1.165) is 19.3 Å². The maximum absolute atomic E-state index is 13.0. The van der Waals surface area contributed by atoms with Crippen molar-refractivity contribution in [3.8, 4) is 11.8 Å². The van der Waals surface area contributed by atoms with Crippen molar-refractivity contribution < 1.29 is 29.3 Å². The minimum absolute atomic E-state index is 0.0360. The van der Waals surface area contributed by atoms with E-state index < -0.39 is 42.0 Å². The number of aliphatic hydroxyl groups is 2. The monoisotopic (exact) mass is 550 g/mol. The van der Waals surface area contributed by atoms with Crippen molar-refractivity contribution in [2.24, 2.45) is 0 Å². The van der Waals surface area contributed by atoms with Crippen LogP contribution in [0.25, 0.3) is 0 Å². The van der Waals surface area contributed by atoms with Crippen LogP contribution in [0.1, 0.15) is 78.6 Å². The largest absolute Gasteiger partial charge is 0.432 e. The van der Waals surface area contributed by atoms with Crippen molar-refractivity contribution in [3.05, 3.63) is 56.8 Å². The molecule has 0 spiro atoms. The molecule has 8 nitrogen and oxygen atoms in total. The molecule has 1 aromatic carbocycles. The first-order valence-corrected chi connectivity index (χ1v) is 12.9. The Morgan fingerprint density at radius 2 is 2.03 bits per heavy atom. The van der Waals surface area contributed by atoms with Crippen LogP contribution < -0.4 is 5.32 Å². The zero-order chi connectivity index (χ0) is 27.3. The number of H-pyrrole nitrogens is 1. The molecular formula is C27H32Cl2N2O6. The first kappa shape index (κ1) is 29.0. The highest BCUT2D eigenvalue weighted by Crippen LogP contribution is 2.34. The summed E-state index contributed by atoms with van der Waals surface area (Å²) in [6.45, 7) is 6.82. The average Bonchev–Trinajstić information content (AvgIpc) is 3.12. The number of aromatic amines is 1. The van der Waals surface area contributed by atoms with Crippen LogP contribution in [0.5, 0.6) is 0 Å². The van der Waals surface area contributed by atoms with Crippen LogP contribution >= 0.6 is 23.2 Å². The quantitative estimate of drug-likeness (QED) is 0.230. The average molecular weight is 551 g/mol. The van der Waals surface area contributed by atoms with Gasteiger partial charge in [-0.25, -0.2) is 4.79 Å². The van der Waals surface area contributed by atoms with Gasteiger partial charge in [0.25, 0.3) is 5.91 Å². The highest BCUT2D eigenvalue weighted by Gasteiger charge is 2.51. The molecule has 2 aromatic rings. The fourth-order valence-electron chi connectivity index (χ4n) is 4.16. The number of aromatic nitrogens is 1. The summed E-state index contributed by atoms with van der Waals surface area (Å²) < 4.78 is 11.3. The highest BCUT2D eigenvalue weighted by atomic mass is 35.5. The van der Waals surface area contributed by atoms with Gasteiger partial charge in [-0.2, -0.15) is 0 Å². The van der Waals surface area contributed by atoms with Gasteiger partial charge in [-0.1, -0.05) is 60.5 Å². The van der Waals surface area contributed by atoms with Crippen molar-refractivity contribution in [1.29, 1.82) is 0 Å². The molecular weight excluding hydrogens is 519 g/mol. The van der Waals surface area contributed by atoms with Crippen LogP contribution in [0.4, 0.5) is 0 Å². The molecule has 0 aliphatic carbocycles. The second-order valence-corrected chi connectivity index (χ2v) is 9.97. The van der Waals surface area contributed by atoms with E-state index in [0.29, 0.717) is 11.3 Å². The zero-order valence-corrected chi connectivity index (χ0v) is 22.7. The molecule has 1 saturated heterocycles. The zero-order valence-electron chi connectivity index (χ0n) is 21.2. The van der Waals surface area contributed by atoms with Crippen LogP contribution in [-0.4, -0.2) is 57.2 Å². The molecule has 1 amide bonds. The highest BCUT2D eigenvalue weighted by molar-refractivity contribution is 6.44. The van der Waals surface area contributed by atoms with E-state index in [-0.39, 0.29) is 27.7 Å². The van der Waals surface area contributed by atoms with E-state index in [2.05, 4.69) is 29.1 Å². The van der Waals surface area contributed by atoms with Gasteiger partial charge >= 0.3 is 5.97 Å². The van der Waals surface area contributed by atoms with E-state index >= 15 is 0 Å². The van der Waals surface area contributed by atoms with Gasteiger partial charge in [0, 0.05) is 24.1 Å². The maximum atomic E-state index is 13.0. The smallest absolute Gasteiger partial charge is 0.341 e. The molecule has 0 bridgehead atoms. The fraction of sp³-hybridized carbons (Fsp3) is 0.481. The van der Waals surface area contributed by atoms with E-state index in [1.807, 2.05) is 0 Å². The van der Waals surface area contributed by atoms with Crippen molar-refractivity contribution >= 4 is 35.1 Å². The second kappa shape index (κ2) is 12.3. The molecule has 1 unspecified atom stereocenters. The summed E-state index contributed by atoms with van der Waals surface area (Å²) in [6, 6.07) is 5.85. The number of amides is 1. The molecule has 1 aliphatic rings. The number of aryl methyl sites for hydroxylation is 1. The number of carbonyl (C=O) groups is 2. The Morgan fingerprint density at radius 1 is 1.32 bits per heavy atom. The lowest BCUT2D eigenvalue weighted by atomic mass is 9.81. The normalized spacial score (nSPS) is 24.1. The Balaban J connectivity index is 1.75. The van der Waals surface area contributed by atoms with Crippen molar-refractivity contribution in [2.75, 3.05) is 0 Å². The number of ether oxygens (including phenoxy) is 2. The van der Waals surface area contributed by atoms with E-state index in [1.165, 1.54) is 6.92 Å². The van der Waals surface area contributed by atoms with Gasteiger partial charge in [0.1, 0.15) is 17.4 Å². The number of hydrogen-bond donors (Lipinski definition) is 4. The van der Waals surface area contributed by atoms with Gasteiger partial charge in [-0.15, -0.1) is 0 Å². The van der Waals surface area contributed by atoms with E-state index in [1.54, 1.807) is 38.1 Å². The molecule has 200 valence electrons. The number of aliphatic hydroxyl groups excluding tert-OH is 1. The number of rotatable bonds is 7. The molecule has 10 heteroatoms. The first-order chi connectivity index (χ1) is 17.5. The van der Waals surface area contributed by atoms with Gasteiger partial charge in [0.15, 0.2) is 0 Å². The van der Waals surface area contributed by atoms with Gasteiger partial charge in [0.05, 0.1) is 27.8 Å². The lowest BCUT2D eigenvalue weighted by molar-refractivity contribution is -0.266. The Bertz CT molecular complexity index is 1200. The molecule has 0 radical (unpaired) electrons.